The first-order valence-electron chi connectivity index (χ1n) is 5.60. The second kappa shape index (κ2) is 4.26. The van der Waals surface area contributed by atoms with E-state index >= 15 is 0 Å². The first kappa shape index (κ1) is 11.1. The van der Waals surface area contributed by atoms with Gasteiger partial charge in [0.15, 0.2) is 0 Å². The Morgan fingerprint density at radius 1 is 1.44 bits per heavy atom. The van der Waals surface area contributed by atoms with Crippen LogP contribution in [0.3, 0.4) is 0 Å². The van der Waals surface area contributed by atoms with E-state index in [1.165, 1.54) is 5.56 Å². The Morgan fingerprint density at radius 2 is 2.25 bits per heavy atom. The molecule has 86 valence electrons. The Hall–Kier alpha value is -1.35. The Kier molecular flexibility index (Phi) is 2.97. The summed E-state index contributed by atoms with van der Waals surface area (Å²) < 4.78 is 5.44. The van der Waals surface area contributed by atoms with E-state index in [2.05, 4.69) is 17.1 Å². The molecule has 0 saturated heterocycles. The molecule has 0 aliphatic carbocycles. The van der Waals surface area contributed by atoms with Gasteiger partial charge in [0.05, 0.1) is 6.54 Å². The zero-order chi connectivity index (χ0) is 11.6. The van der Waals surface area contributed by atoms with Gasteiger partial charge in [0.1, 0.15) is 6.61 Å². The van der Waals surface area contributed by atoms with Crippen LogP contribution >= 0.6 is 0 Å². The van der Waals surface area contributed by atoms with E-state index in [0.29, 0.717) is 6.61 Å². The fraction of sp³-hybridized carbons (Fsp3) is 0.462. The minimum Gasteiger partial charge on any atom is -0.476 e. The molecule has 1 aliphatic rings. The molecule has 2 N–H and O–H groups in total. The van der Waals surface area contributed by atoms with Crippen LogP contribution in [0.4, 0.5) is 0 Å². The van der Waals surface area contributed by atoms with E-state index in [0.717, 1.165) is 24.4 Å². The van der Waals surface area contributed by atoms with Gasteiger partial charge in [-0.1, -0.05) is 12.1 Å². The molecule has 3 nitrogen and oxygen atoms in total. The van der Waals surface area contributed by atoms with Crippen LogP contribution < -0.4 is 5.73 Å². The van der Waals surface area contributed by atoms with Gasteiger partial charge in [-0.15, -0.1) is 0 Å². The van der Waals surface area contributed by atoms with Gasteiger partial charge in [-0.2, -0.15) is 0 Å². The van der Waals surface area contributed by atoms with E-state index in [9.17, 15) is 0 Å². The molecule has 1 aromatic carbocycles. The predicted molar refractivity (Wildman–Crippen MR) is 65.8 cm³/mol. The zero-order valence-corrected chi connectivity index (χ0v) is 9.86. The number of aliphatic imine (C=N–C) groups is 1. The van der Waals surface area contributed by atoms with Gasteiger partial charge in [0.2, 0.25) is 5.90 Å². The summed E-state index contributed by atoms with van der Waals surface area (Å²) >= 11 is 0. The van der Waals surface area contributed by atoms with Crippen molar-refractivity contribution >= 4 is 5.90 Å². The van der Waals surface area contributed by atoms with Crippen LogP contribution in [0.15, 0.2) is 29.3 Å². The minimum absolute atomic E-state index is 0.184. The average Bonchev–Trinajstić information content (AvgIpc) is 2.68. The summed E-state index contributed by atoms with van der Waals surface area (Å²) in [4.78, 5) is 4.31. The first-order valence-corrected chi connectivity index (χ1v) is 5.60. The molecule has 0 atom stereocenters. The van der Waals surface area contributed by atoms with Crippen LogP contribution in [0.1, 0.15) is 25.0 Å². The lowest BCUT2D eigenvalue weighted by Crippen LogP contribution is -2.34. The SMILES string of the molecule is CC(C)(N)Cc1cccc(C2=NCCO2)c1. The molecule has 0 fully saturated rings. The van der Waals surface area contributed by atoms with Crippen molar-refractivity contribution in [3.63, 3.8) is 0 Å². The summed E-state index contributed by atoms with van der Waals surface area (Å²) in [5.41, 5.74) is 8.11. The van der Waals surface area contributed by atoms with Crippen molar-refractivity contribution in [3.05, 3.63) is 35.4 Å². The maximum atomic E-state index is 6.01. The third-order valence-electron chi connectivity index (χ3n) is 2.42. The summed E-state index contributed by atoms with van der Waals surface area (Å²) in [6.45, 7) is 5.52. The maximum Gasteiger partial charge on any atom is 0.216 e. The summed E-state index contributed by atoms with van der Waals surface area (Å²) in [7, 11) is 0. The van der Waals surface area contributed by atoms with Gasteiger partial charge < -0.3 is 10.5 Å². The maximum absolute atomic E-state index is 6.01. The van der Waals surface area contributed by atoms with Gasteiger partial charge in [0.25, 0.3) is 0 Å². The normalized spacial score (nSPS) is 15.8. The van der Waals surface area contributed by atoms with E-state index in [1.54, 1.807) is 0 Å². The fourth-order valence-electron chi connectivity index (χ4n) is 1.85. The van der Waals surface area contributed by atoms with Crippen molar-refractivity contribution in [2.75, 3.05) is 13.2 Å². The Balaban J connectivity index is 2.19. The second-order valence-corrected chi connectivity index (χ2v) is 4.90. The van der Waals surface area contributed by atoms with Crippen molar-refractivity contribution in [1.82, 2.24) is 0 Å². The largest absolute Gasteiger partial charge is 0.476 e. The van der Waals surface area contributed by atoms with Gasteiger partial charge in [-0.25, -0.2) is 4.99 Å². The minimum atomic E-state index is -0.184. The van der Waals surface area contributed by atoms with Crippen molar-refractivity contribution < 1.29 is 4.74 Å². The molecule has 1 heterocycles. The predicted octanol–water partition coefficient (Wildman–Crippen LogP) is 1.74. The van der Waals surface area contributed by atoms with Crippen LogP contribution in [-0.4, -0.2) is 24.6 Å². The Labute approximate surface area is 96.3 Å². The molecule has 0 saturated carbocycles. The first-order chi connectivity index (χ1) is 7.54. The lowest BCUT2D eigenvalue weighted by molar-refractivity contribution is 0.348. The lowest BCUT2D eigenvalue weighted by atomic mass is 9.95. The van der Waals surface area contributed by atoms with E-state index in [1.807, 2.05) is 26.0 Å². The molecule has 0 aromatic heterocycles. The van der Waals surface area contributed by atoms with Gasteiger partial charge in [-0.3, -0.25) is 0 Å². The number of hydrogen-bond donors (Lipinski definition) is 1. The summed E-state index contributed by atoms with van der Waals surface area (Å²) in [5.74, 6) is 0.761. The Morgan fingerprint density at radius 3 is 2.88 bits per heavy atom. The average molecular weight is 218 g/mol. The summed E-state index contributed by atoms with van der Waals surface area (Å²) in [6, 6.07) is 8.25. The van der Waals surface area contributed by atoms with Gasteiger partial charge in [-0.05, 0) is 38.0 Å². The molecule has 1 aromatic rings. The zero-order valence-electron chi connectivity index (χ0n) is 9.86. The molecule has 2 rings (SSSR count). The van der Waals surface area contributed by atoms with Gasteiger partial charge >= 0.3 is 0 Å². The third kappa shape index (κ3) is 2.83. The van der Waals surface area contributed by atoms with Crippen molar-refractivity contribution in [3.8, 4) is 0 Å². The second-order valence-electron chi connectivity index (χ2n) is 4.90. The highest BCUT2D eigenvalue weighted by atomic mass is 16.5. The van der Waals surface area contributed by atoms with Crippen LogP contribution in [0.25, 0.3) is 0 Å². The molecule has 0 radical (unpaired) electrons. The summed E-state index contributed by atoms with van der Waals surface area (Å²) in [6.07, 6.45) is 0.855. The molecular formula is C13H18N2O. The topological polar surface area (TPSA) is 47.6 Å². The van der Waals surface area contributed by atoms with Gasteiger partial charge in [0, 0.05) is 11.1 Å². The molecule has 0 amide bonds. The van der Waals surface area contributed by atoms with Crippen molar-refractivity contribution in [2.24, 2.45) is 10.7 Å². The number of nitrogens with two attached hydrogens (primary N) is 1. The van der Waals surface area contributed by atoms with Crippen LogP contribution in [0.2, 0.25) is 0 Å². The van der Waals surface area contributed by atoms with Crippen LogP contribution in [0, 0.1) is 0 Å². The molecule has 0 bridgehead atoms. The number of hydrogen-bond acceptors (Lipinski definition) is 3. The quantitative estimate of drug-likeness (QED) is 0.840. The van der Waals surface area contributed by atoms with E-state index in [4.69, 9.17) is 10.5 Å². The van der Waals surface area contributed by atoms with Crippen molar-refractivity contribution in [1.29, 1.82) is 0 Å². The number of nitrogens with zero attached hydrogens (tertiary/aromatic N) is 1. The smallest absolute Gasteiger partial charge is 0.216 e. The molecule has 1 aliphatic heterocycles. The van der Waals surface area contributed by atoms with Crippen molar-refractivity contribution in [2.45, 2.75) is 25.8 Å². The van der Waals surface area contributed by atoms with E-state index < -0.39 is 0 Å². The van der Waals surface area contributed by atoms with Crippen LogP contribution in [-0.2, 0) is 11.2 Å². The monoisotopic (exact) mass is 218 g/mol. The standard InChI is InChI=1S/C13H18N2O/c1-13(2,14)9-10-4-3-5-11(8-10)12-15-6-7-16-12/h3-5,8H,6-7,9,14H2,1-2H3. The summed E-state index contributed by atoms with van der Waals surface area (Å²) in [5, 5.41) is 0. The molecular weight excluding hydrogens is 200 g/mol. The van der Waals surface area contributed by atoms with E-state index in [-0.39, 0.29) is 5.54 Å². The lowest BCUT2D eigenvalue weighted by Gasteiger charge is -2.18. The highest BCUT2D eigenvalue weighted by Gasteiger charge is 2.14. The van der Waals surface area contributed by atoms with Crippen LogP contribution in [0.5, 0.6) is 0 Å². The highest BCUT2D eigenvalue weighted by Crippen LogP contribution is 2.14. The number of benzene rings is 1. The molecule has 0 spiro atoms. The molecule has 16 heavy (non-hydrogen) atoms. The number of rotatable bonds is 3. The Bertz CT molecular complexity index is 405. The number of ether oxygens (including phenoxy) is 1. The molecule has 0 unspecified atom stereocenters. The highest BCUT2D eigenvalue weighted by molar-refractivity contribution is 5.95. The third-order valence-corrected chi connectivity index (χ3v) is 2.42. The fourth-order valence-corrected chi connectivity index (χ4v) is 1.85. The molecule has 3 heteroatoms.